The van der Waals surface area contributed by atoms with Crippen LogP contribution in [0.3, 0.4) is 0 Å². The van der Waals surface area contributed by atoms with Crippen molar-refractivity contribution in [1.82, 2.24) is 23.8 Å². The number of fused-ring (bicyclic) bond motifs is 6. The molecule has 0 unspecified atom stereocenters. The van der Waals surface area contributed by atoms with E-state index >= 15 is 0 Å². The van der Waals surface area contributed by atoms with Crippen molar-refractivity contribution >= 4 is 32.8 Å². The number of pyridine rings is 3. The molecule has 5 heteroatoms. The van der Waals surface area contributed by atoms with Gasteiger partial charge >= 0.3 is 0 Å². The van der Waals surface area contributed by atoms with E-state index in [0.29, 0.717) is 0 Å². The fraction of sp³-hybridized carbons (Fsp3) is 0.0282. The largest absolute Gasteiger partial charge is 0.306 e. The molecule has 0 aliphatic heterocycles. The molecule has 9 aromatic carbocycles. The Bertz CT molecular complexity index is 4340. The van der Waals surface area contributed by atoms with Crippen molar-refractivity contribution in [3.05, 3.63) is 273 Å². The fourth-order valence-electron chi connectivity index (χ4n) is 11.3. The zero-order valence-corrected chi connectivity index (χ0v) is 42.1. The van der Waals surface area contributed by atoms with Gasteiger partial charge < -0.3 is 8.80 Å². The molecular formula is C71H49N5. The summed E-state index contributed by atoms with van der Waals surface area (Å²) in [7, 11) is 0. The third-order valence-corrected chi connectivity index (χ3v) is 15.0. The van der Waals surface area contributed by atoms with E-state index in [-0.39, 0.29) is 0 Å². The van der Waals surface area contributed by atoms with Crippen LogP contribution in [0.15, 0.2) is 262 Å². The van der Waals surface area contributed by atoms with Gasteiger partial charge in [-0.3, -0.25) is 4.98 Å². The number of aromatic nitrogens is 5. The summed E-state index contributed by atoms with van der Waals surface area (Å²) < 4.78 is 4.23. The van der Waals surface area contributed by atoms with E-state index in [1.54, 1.807) is 0 Å². The first-order valence-corrected chi connectivity index (χ1v) is 25.9. The molecule has 0 radical (unpaired) electrons. The number of benzene rings is 9. The average Bonchev–Trinajstić information content (AvgIpc) is 4.09. The topological polar surface area (TPSA) is 47.5 Å². The molecule has 5 nitrogen and oxygen atoms in total. The lowest BCUT2D eigenvalue weighted by atomic mass is 9.86. The number of hydrogen-bond acceptors (Lipinski definition) is 3. The number of rotatable bonds is 9. The molecule has 0 aliphatic carbocycles. The van der Waals surface area contributed by atoms with Crippen LogP contribution in [0.2, 0.25) is 0 Å². The predicted molar refractivity (Wildman–Crippen MR) is 315 cm³/mol. The van der Waals surface area contributed by atoms with Crippen LogP contribution in [0.25, 0.3) is 133 Å². The Morgan fingerprint density at radius 2 is 0.671 bits per heavy atom. The summed E-state index contributed by atoms with van der Waals surface area (Å²) in [4.78, 5) is 14.6. The van der Waals surface area contributed by atoms with Crippen molar-refractivity contribution in [3.63, 3.8) is 0 Å². The standard InChI is InChI=1S/C71H49N5/c1-46-44-75-36-33-56-38-54(28-30-67(56)70(75)73-46)62-15-7-10-18-65(62)59-40-58(41-60(42-59)66-19-11-8-16-63(66)55-29-31-68-57(39-55)34-37-76-45-47(2)74-71(68)76)64-17-9-6-14-61(64)51-24-26-52(27-25-51)69-43-53(32-35-72-69)50-22-20-49(21-23-50)48-12-4-3-5-13-48/h3-45H,1-2H3. The van der Waals surface area contributed by atoms with E-state index in [9.17, 15) is 0 Å². The van der Waals surface area contributed by atoms with Crippen LogP contribution in [0.5, 0.6) is 0 Å². The molecule has 14 rings (SSSR count). The summed E-state index contributed by atoms with van der Waals surface area (Å²) in [6, 6.07) is 84.0. The predicted octanol–water partition coefficient (Wildman–Crippen LogP) is 18.3. The first-order valence-electron chi connectivity index (χ1n) is 25.9. The van der Waals surface area contributed by atoms with Crippen LogP contribution in [0, 0.1) is 13.8 Å². The molecule has 0 fully saturated rings. The molecule has 0 amide bonds. The molecule has 76 heavy (non-hydrogen) atoms. The van der Waals surface area contributed by atoms with Crippen LogP contribution < -0.4 is 0 Å². The van der Waals surface area contributed by atoms with Crippen molar-refractivity contribution < 1.29 is 0 Å². The highest BCUT2D eigenvalue weighted by atomic mass is 15.0. The van der Waals surface area contributed by atoms with Crippen molar-refractivity contribution in [1.29, 1.82) is 0 Å². The van der Waals surface area contributed by atoms with Gasteiger partial charge in [0, 0.05) is 47.3 Å². The number of aryl methyl sites for hydroxylation is 2. The Hall–Kier alpha value is -9.97. The molecule has 0 saturated heterocycles. The van der Waals surface area contributed by atoms with Gasteiger partial charge in [0.05, 0.1) is 17.1 Å². The van der Waals surface area contributed by atoms with E-state index in [1.165, 1.54) is 22.3 Å². The smallest absolute Gasteiger partial charge is 0.144 e. The van der Waals surface area contributed by atoms with Gasteiger partial charge in [-0.25, -0.2) is 9.97 Å². The molecule has 5 aromatic heterocycles. The molecule has 14 aromatic rings. The third kappa shape index (κ3) is 8.12. The quantitative estimate of drug-likeness (QED) is 0.145. The third-order valence-electron chi connectivity index (χ3n) is 15.0. The van der Waals surface area contributed by atoms with Crippen LogP contribution in [-0.2, 0) is 0 Å². The zero-order chi connectivity index (χ0) is 50.7. The maximum absolute atomic E-state index is 4.87. The summed E-state index contributed by atoms with van der Waals surface area (Å²) in [5, 5.41) is 4.58. The first-order chi connectivity index (χ1) is 37.4. The van der Waals surface area contributed by atoms with Crippen molar-refractivity contribution in [2.75, 3.05) is 0 Å². The van der Waals surface area contributed by atoms with E-state index in [4.69, 9.17) is 15.0 Å². The lowest BCUT2D eigenvalue weighted by Gasteiger charge is -2.18. The Balaban J connectivity index is 0.878. The van der Waals surface area contributed by atoms with Gasteiger partial charge in [0.25, 0.3) is 0 Å². The van der Waals surface area contributed by atoms with E-state index in [0.717, 1.165) is 122 Å². The lowest BCUT2D eigenvalue weighted by molar-refractivity contribution is 1.20. The molecule has 0 bridgehead atoms. The highest BCUT2D eigenvalue weighted by molar-refractivity contribution is 6.01. The second-order valence-corrected chi connectivity index (χ2v) is 19.8. The van der Waals surface area contributed by atoms with Crippen LogP contribution in [0.4, 0.5) is 0 Å². The molecule has 5 heterocycles. The van der Waals surface area contributed by atoms with E-state index < -0.39 is 0 Å². The Kier molecular flexibility index (Phi) is 10.9. The van der Waals surface area contributed by atoms with Gasteiger partial charge in [0.2, 0.25) is 0 Å². The van der Waals surface area contributed by atoms with Crippen LogP contribution >= 0.6 is 0 Å². The molecule has 0 saturated carbocycles. The van der Waals surface area contributed by atoms with Gasteiger partial charge in [-0.2, -0.15) is 0 Å². The minimum Gasteiger partial charge on any atom is -0.306 e. The summed E-state index contributed by atoms with van der Waals surface area (Å²) >= 11 is 0. The fourth-order valence-corrected chi connectivity index (χ4v) is 11.3. The maximum atomic E-state index is 4.87. The Morgan fingerprint density at radius 1 is 0.289 bits per heavy atom. The minimum atomic E-state index is 0.937. The number of imidazole rings is 2. The van der Waals surface area contributed by atoms with E-state index in [1.807, 2.05) is 20.0 Å². The summed E-state index contributed by atoms with van der Waals surface area (Å²) in [5.74, 6) is 0. The van der Waals surface area contributed by atoms with Gasteiger partial charge in [-0.1, -0.05) is 176 Å². The Morgan fingerprint density at radius 3 is 1.16 bits per heavy atom. The first kappa shape index (κ1) is 44.7. The van der Waals surface area contributed by atoms with Gasteiger partial charge in [0.15, 0.2) is 0 Å². The minimum absolute atomic E-state index is 0.937. The SMILES string of the molecule is Cc1cn2ccc3cc(-c4ccccc4-c4cc(-c5ccccc5-c5ccc(-c6cc(-c7ccc(-c8ccccc8)cc7)ccn6)cc5)cc(-c5ccccc5-c5ccc6c(ccn7cc(C)nc67)c5)c4)ccc3c2n1. The van der Waals surface area contributed by atoms with Gasteiger partial charge in [0.1, 0.15) is 11.3 Å². The van der Waals surface area contributed by atoms with E-state index in [2.05, 4.69) is 264 Å². The van der Waals surface area contributed by atoms with Crippen molar-refractivity contribution in [2.45, 2.75) is 13.8 Å². The lowest BCUT2D eigenvalue weighted by Crippen LogP contribution is -1.93. The molecule has 0 spiro atoms. The van der Waals surface area contributed by atoms with Crippen LogP contribution in [-0.4, -0.2) is 23.8 Å². The average molecular weight is 972 g/mol. The molecular weight excluding hydrogens is 923 g/mol. The number of hydrogen-bond donors (Lipinski definition) is 0. The second-order valence-electron chi connectivity index (χ2n) is 19.8. The van der Waals surface area contributed by atoms with Crippen molar-refractivity contribution in [2.24, 2.45) is 0 Å². The van der Waals surface area contributed by atoms with Crippen LogP contribution in [0.1, 0.15) is 11.4 Å². The Labute approximate surface area is 441 Å². The summed E-state index contributed by atoms with van der Waals surface area (Å²) in [6.45, 7) is 4.09. The van der Waals surface area contributed by atoms with Gasteiger partial charge in [-0.05, 0) is 168 Å². The molecule has 358 valence electrons. The molecule has 0 atom stereocenters. The molecule has 0 N–H and O–H groups in total. The van der Waals surface area contributed by atoms with Gasteiger partial charge in [-0.15, -0.1) is 0 Å². The normalized spacial score (nSPS) is 11.6. The summed E-state index contributed by atoms with van der Waals surface area (Å²) in [5.41, 5.74) is 24.5. The summed E-state index contributed by atoms with van der Waals surface area (Å²) in [6.07, 6.45) is 10.3. The van der Waals surface area contributed by atoms with Crippen molar-refractivity contribution in [3.8, 4) is 100 Å². The maximum Gasteiger partial charge on any atom is 0.144 e. The highest BCUT2D eigenvalue weighted by Gasteiger charge is 2.18. The zero-order valence-electron chi connectivity index (χ0n) is 42.1. The molecule has 0 aliphatic rings. The number of nitrogens with zero attached hydrogens (tertiary/aromatic N) is 5. The second kappa shape index (κ2) is 18.5. The highest BCUT2D eigenvalue weighted by Crippen LogP contribution is 2.43. The monoisotopic (exact) mass is 971 g/mol.